The quantitative estimate of drug-likeness (QED) is 0.423. The van der Waals surface area contributed by atoms with Crippen molar-refractivity contribution in [3.8, 4) is 0 Å². The van der Waals surface area contributed by atoms with Crippen LogP contribution in [0, 0.1) is 0 Å². The molecule has 0 aliphatic heterocycles. The van der Waals surface area contributed by atoms with Crippen LogP contribution in [0.15, 0.2) is 19.7 Å². The van der Waals surface area contributed by atoms with E-state index in [2.05, 4.69) is 24.4 Å². The summed E-state index contributed by atoms with van der Waals surface area (Å²) in [6.45, 7) is 0. The number of amides is 2. The molecule has 0 bridgehead atoms. The summed E-state index contributed by atoms with van der Waals surface area (Å²) in [4.78, 5) is 20.9. The molecular weight excluding hydrogens is 227 g/mol. The molecule has 2 amide bonds. The predicted molar refractivity (Wildman–Crippen MR) is 39.6 cm³/mol. The van der Waals surface area contributed by atoms with Gasteiger partial charge in [0.2, 0.25) is 0 Å². The molecular formula is C2H2Cl2N6O3. The van der Waals surface area contributed by atoms with Crippen molar-refractivity contribution in [2.45, 2.75) is 0 Å². The Morgan fingerprint density at radius 1 is 1.00 bits per heavy atom. The Kier molecular flexibility index (Phi) is 6.37. The Labute approximate surface area is 81.3 Å². The lowest BCUT2D eigenvalue weighted by Gasteiger charge is -1.97. The maximum Gasteiger partial charge on any atom is 0.438 e. The molecule has 9 nitrogen and oxygen atoms in total. The van der Waals surface area contributed by atoms with Crippen LogP contribution < -0.4 is 10.9 Å². The van der Waals surface area contributed by atoms with E-state index in [9.17, 15) is 9.59 Å². The van der Waals surface area contributed by atoms with Crippen LogP contribution >= 0.6 is 23.6 Å². The third kappa shape index (κ3) is 6.90. The van der Waals surface area contributed by atoms with Gasteiger partial charge < -0.3 is 4.74 Å². The van der Waals surface area contributed by atoms with E-state index in [1.807, 2.05) is 0 Å². The molecule has 0 aromatic heterocycles. The second-order valence-corrected chi connectivity index (χ2v) is 1.55. The molecule has 11 heteroatoms. The normalized spacial score (nSPS) is 10.3. The molecule has 0 spiro atoms. The van der Waals surface area contributed by atoms with Gasteiger partial charge in [0.25, 0.3) is 0 Å². The van der Waals surface area contributed by atoms with Crippen LogP contribution in [0.2, 0.25) is 0 Å². The lowest BCUT2D eigenvalue weighted by atomic mass is 11.1. The summed E-state index contributed by atoms with van der Waals surface area (Å²) in [6, 6.07) is 0. The number of hydrogen-bond acceptors (Lipinski definition) is 7. The molecule has 0 radical (unpaired) electrons. The van der Waals surface area contributed by atoms with Crippen molar-refractivity contribution in [3.63, 3.8) is 0 Å². The molecule has 0 aliphatic carbocycles. The molecule has 72 valence electrons. The number of nitrogens with zero attached hydrogens (tertiary/aromatic N) is 4. The molecule has 0 aliphatic rings. The van der Waals surface area contributed by atoms with Crippen molar-refractivity contribution in [1.82, 2.24) is 10.9 Å². The average molecular weight is 229 g/mol. The van der Waals surface area contributed by atoms with Crippen LogP contribution in [0.5, 0.6) is 0 Å². The number of halogens is 2. The molecule has 0 saturated heterocycles. The molecule has 0 aromatic rings. The van der Waals surface area contributed by atoms with Gasteiger partial charge >= 0.3 is 12.2 Å². The Morgan fingerprint density at radius 2 is 1.38 bits per heavy atom. The van der Waals surface area contributed by atoms with Crippen LogP contribution in [0.1, 0.15) is 0 Å². The van der Waals surface area contributed by atoms with E-state index in [1.165, 1.54) is 0 Å². The lowest BCUT2D eigenvalue weighted by molar-refractivity contribution is 0.150. The van der Waals surface area contributed by atoms with Gasteiger partial charge in [-0.1, -0.05) is 19.7 Å². The summed E-state index contributed by atoms with van der Waals surface area (Å²) in [5.74, 6) is 0. The van der Waals surface area contributed by atoms with Crippen LogP contribution in [0.4, 0.5) is 9.59 Å². The molecule has 2 N–H and O–H groups in total. The molecule has 0 heterocycles. The van der Waals surface area contributed by atoms with Gasteiger partial charge in [0, 0.05) is 0 Å². The maximum atomic E-state index is 10.5. The van der Waals surface area contributed by atoms with Crippen molar-refractivity contribution in [2.75, 3.05) is 0 Å². The van der Waals surface area contributed by atoms with Gasteiger partial charge in [-0.05, 0) is 0 Å². The highest BCUT2D eigenvalue weighted by Crippen LogP contribution is 1.83. The highest BCUT2D eigenvalue weighted by molar-refractivity contribution is 6.14. The molecule has 0 rings (SSSR count). The van der Waals surface area contributed by atoms with E-state index in [1.54, 1.807) is 10.9 Å². The minimum absolute atomic E-state index is 1.19. The van der Waals surface area contributed by atoms with E-state index < -0.39 is 12.2 Å². The maximum absolute atomic E-state index is 10.5. The summed E-state index contributed by atoms with van der Waals surface area (Å²) in [7, 11) is 0. The molecule has 13 heavy (non-hydrogen) atoms. The van der Waals surface area contributed by atoms with Crippen molar-refractivity contribution in [3.05, 3.63) is 0 Å². The Hall–Kier alpha value is -1.48. The average Bonchev–Trinajstić information content (AvgIpc) is 2.11. The first-order valence-corrected chi connectivity index (χ1v) is 3.18. The van der Waals surface area contributed by atoms with Gasteiger partial charge in [-0.15, -0.1) is 0 Å². The predicted octanol–water partition coefficient (Wildman–Crippen LogP) is 1.46. The standard InChI is InChI=1S/C2H2Cl2N6O3/c3-7-9-5-1(11)13-2(12)6-10-8-4/h(H,5,7,11)(H,6,8,12). The first kappa shape index (κ1) is 11.5. The topological polar surface area (TPSA) is 117 Å². The largest absolute Gasteiger partial charge is 0.438 e. The third-order valence-electron chi connectivity index (χ3n) is 0.544. The second kappa shape index (κ2) is 7.18. The van der Waals surface area contributed by atoms with Gasteiger partial charge in [0.1, 0.15) is 0 Å². The van der Waals surface area contributed by atoms with Gasteiger partial charge in [0.15, 0.2) is 0 Å². The minimum atomic E-state index is -1.19. The number of hydrogen-bond donors (Lipinski definition) is 2. The van der Waals surface area contributed by atoms with Gasteiger partial charge in [-0.2, -0.15) is 10.9 Å². The smallest absolute Gasteiger partial charge is 0.357 e. The first-order valence-electron chi connectivity index (χ1n) is 2.50. The lowest BCUT2D eigenvalue weighted by Crippen LogP contribution is -2.27. The number of carbonyl (C=O) groups is 2. The number of carbonyl (C=O) groups excluding carboxylic acids is 2. The summed E-state index contributed by atoms with van der Waals surface area (Å²) < 4.78 is 9.20. The van der Waals surface area contributed by atoms with Crippen molar-refractivity contribution >= 4 is 35.7 Å². The van der Waals surface area contributed by atoms with Crippen molar-refractivity contribution in [1.29, 1.82) is 0 Å². The zero-order valence-corrected chi connectivity index (χ0v) is 7.28. The van der Waals surface area contributed by atoms with Gasteiger partial charge in [-0.3, -0.25) is 0 Å². The third-order valence-corrected chi connectivity index (χ3v) is 0.695. The molecule has 0 atom stereocenters. The highest BCUT2D eigenvalue weighted by atomic mass is 35.5. The summed E-state index contributed by atoms with van der Waals surface area (Å²) in [6.07, 6.45) is -2.38. The monoisotopic (exact) mass is 228 g/mol. The summed E-state index contributed by atoms with van der Waals surface area (Å²) >= 11 is 9.40. The fourth-order valence-corrected chi connectivity index (χ4v) is 0.325. The van der Waals surface area contributed by atoms with E-state index >= 15 is 0 Å². The van der Waals surface area contributed by atoms with Crippen LogP contribution in [0.3, 0.4) is 0 Å². The van der Waals surface area contributed by atoms with Gasteiger partial charge in [-0.25, -0.2) is 9.59 Å². The fraction of sp³-hybridized carbons (Fsp3) is 0. The Balaban J connectivity index is 3.71. The Morgan fingerprint density at radius 3 is 1.69 bits per heavy atom. The number of rotatable bonds is 2. The van der Waals surface area contributed by atoms with E-state index in [0.717, 1.165) is 0 Å². The molecule has 0 unspecified atom stereocenters. The SMILES string of the molecule is O=C(NN=NCl)OC(=O)NN=NCl. The number of nitrogens with one attached hydrogen (secondary N) is 2. The zero-order valence-electron chi connectivity index (χ0n) is 5.77. The van der Waals surface area contributed by atoms with Crippen molar-refractivity contribution in [2.24, 2.45) is 19.7 Å². The molecule has 0 fully saturated rings. The van der Waals surface area contributed by atoms with Crippen LogP contribution in [-0.4, -0.2) is 12.2 Å². The second-order valence-electron chi connectivity index (χ2n) is 1.25. The molecule has 0 aromatic carbocycles. The zero-order chi connectivity index (χ0) is 10.1. The van der Waals surface area contributed by atoms with Crippen molar-refractivity contribution < 1.29 is 14.3 Å². The van der Waals surface area contributed by atoms with Gasteiger partial charge in [0.05, 0.1) is 23.6 Å². The summed E-state index contributed by atoms with van der Waals surface area (Å²) in [5.41, 5.74) is 3.28. The summed E-state index contributed by atoms with van der Waals surface area (Å²) in [5, 5.41) is 5.62. The van der Waals surface area contributed by atoms with Crippen LogP contribution in [-0.2, 0) is 4.74 Å². The minimum Gasteiger partial charge on any atom is -0.357 e. The Bertz CT molecular complexity index is 216. The van der Waals surface area contributed by atoms with E-state index in [4.69, 9.17) is 23.6 Å². The first-order chi connectivity index (χ1) is 6.20. The highest BCUT2D eigenvalue weighted by Gasteiger charge is 2.07. The van der Waals surface area contributed by atoms with E-state index in [0.29, 0.717) is 0 Å². The van der Waals surface area contributed by atoms with E-state index in [-0.39, 0.29) is 0 Å². The number of ether oxygens (including phenoxy) is 1. The molecule has 0 saturated carbocycles. The fourth-order valence-electron chi connectivity index (χ4n) is 0.249. The van der Waals surface area contributed by atoms with Crippen LogP contribution in [0.25, 0.3) is 0 Å².